The van der Waals surface area contributed by atoms with Gasteiger partial charge in [-0.15, -0.1) is 0 Å². The number of carbonyl (C=O) groups excluding carboxylic acids is 1. The Kier molecular flexibility index (Phi) is 7.26. The summed E-state index contributed by atoms with van der Waals surface area (Å²) in [5, 5.41) is 0. The van der Waals surface area contributed by atoms with Gasteiger partial charge in [-0.3, -0.25) is 9.52 Å². The number of nitrogens with one attached hydrogen (secondary N) is 2. The summed E-state index contributed by atoms with van der Waals surface area (Å²) in [5.41, 5.74) is 3.70. The average Bonchev–Trinajstić information content (AvgIpc) is 2.72. The molecule has 2 aromatic rings. The molecule has 3 rings (SSSR count). The maximum Gasteiger partial charge on any atom is 0.253 e. The third kappa shape index (κ3) is 6.78. The van der Waals surface area contributed by atoms with Crippen LogP contribution in [0.15, 0.2) is 42.5 Å². The molecule has 1 saturated heterocycles. The van der Waals surface area contributed by atoms with E-state index in [0.717, 1.165) is 36.5 Å². The number of aryl methyl sites for hydroxylation is 1. The lowest BCUT2D eigenvalue weighted by Crippen LogP contribution is -2.38. The van der Waals surface area contributed by atoms with Crippen molar-refractivity contribution in [3.8, 4) is 0 Å². The minimum Gasteiger partial charge on any atom is -0.339 e. The van der Waals surface area contributed by atoms with Crippen LogP contribution in [0.2, 0.25) is 0 Å². The molecular formula is C22H29N3O5S2. The summed E-state index contributed by atoms with van der Waals surface area (Å²) in [6.45, 7) is 3.28. The van der Waals surface area contributed by atoms with E-state index < -0.39 is 20.0 Å². The van der Waals surface area contributed by atoms with Crippen molar-refractivity contribution >= 4 is 31.6 Å². The smallest absolute Gasteiger partial charge is 0.253 e. The SMILES string of the molecule is Cc1ccc(C(=O)N2CCC(c3ccc(CNS(C)(=O)=O)cc3)CC2)cc1NS(C)(=O)=O. The number of amides is 1. The van der Waals surface area contributed by atoms with Gasteiger partial charge in [0.15, 0.2) is 0 Å². The van der Waals surface area contributed by atoms with Crippen LogP contribution in [0.25, 0.3) is 0 Å². The molecule has 1 amide bonds. The molecule has 8 nitrogen and oxygen atoms in total. The molecule has 0 bridgehead atoms. The molecule has 0 unspecified atom stereocenters. The zero-order valence-corrected chi connectivity index (χ0v) is 20.1. The number of anilines is 1. The quantitative estimate of drug-likeness (QED) is 0.633. The van der Waals surface area contributed by atoms with E-state index in [-0.39, 0.29) is 12.5 Å². The zero-order valence-electron chi connectivity index (χ0n) is 18.5. The number of hydrogen-bond donors (Lipinski definition) is 2. The lowest BCUT2D eigenvalue weighted by atomic mass is 9.88. The van der Waals surface area contributed by atoms with E-state index >= 15 is 0 Å². The van der Waals surface area contributed by atoms with Gasteiger partial charge >= 0.3 is 0 Å². The normalized spacial score (nSPS) is 15.5. The molecule has 2 N–H and O–H groups in total. The van der Waals surface area contributed by atoms with Gasteiger partial charge in [0.1, 0.15) is 0 Å². The van der Waals surface area contributed by atoms with Crippen LogP contribution in [0, 0.1) is 6.92 Å². The Morgan fingerprint density at radius 1 is 0.969 bits per heavy atom. The Labute approximate surface area is 190 Å². The summed E-state index contributed by atoms with van der Waals surface area (Å²) in [6, 6.07) is 12.9. The molecular weight excluding hydrogens is 450 g/mol. The van der Waals surface area contributed by atoms with E-state index in [1.807, 2.05) is 24.3 Å². The van der Waals surface area contributed by atoms with Crippen LogP contribution in [-0.2, 0) is 26.6 Å². The van der Waals surface area contributed by atoms with Gasteiger partial charge in [0.25, 0.3) is 5.91 Å². The van der Waals surface area contributed by atoms with Crippen LogP contribution >= 0.6 is 0 Å². The first-order chi connectivity index (χ1) is 14.9. The fourth-order valence-corrected chi connectivity index (χ4v) is 4.83. The third-order valence-electron chi connectivity index (χ3n) is 5.55. The number of likely N-dealkylation sites (tertiary alicyclic amines) is 1. The van der Waals surface area contributed by atoms with Crippen LogP contribution in [0.3, 0.4) is 0 Å². The fourth-order valence-electron chi connectivity index (χ4n) is 3.79. The Balaban J connectivity index is 1.61. The van der Waals surface area contributed by atoms with E-state index in [4.69, 9.17) is 0 Å². The highest BCUT2D eigenvalue weighted by Gasteiger charge is 2.25. The van der Waals surface area contributed by atoms with Gasteiger partial charge in [-0.05, 0) is 54.5 Å². The van der Waals surface area contributed by atoms with Crippen LogP contribution in [0.4, 0.5) is 5.69 Å². The Bertz CT molecular complexity index is 1180. The lowest BCUT2D eigenvalue weighted by Gasteiger charge is -2.32. The summed E-state index contributed by atoms with van der Waals surface area (Å²) in [4.78, 5) is 14.8. The summed E-state index contributed by atoms with van der Waals surface area (Å²) < 4.78 is 50.5. The van der Waals surface area contributed by atoms with Gasteiger partial charge in [-0.1, -0.05) is 30.3 Å². The largest absolute Gasteiger partial charge is 0.339 e. The van der Waals surface area contributed by atoms with Crippen molar-refractivity contribution in [1.29, 1.82) is 0 Å². The molecule has 0 aromatic heterocycles. The van der Waals surface area contributed by atoms with E-state index in [1.54, 1.807) is 30.0 Å². The van der Waals surface area contributed by atoms with E-state index in [1.165, 1.54) is 5.56 Å². The number of rotatable bonds is 7. The maximum absolute atomic E-state index is 13.0. The first kappa shape index (κ1) is 24.2. The van der Waals surface area contributed by atoms with Crippen LogP contribution < -0.4 is 9.44 Å². The monoisotopic (exact) mass is 479 g/mol. The van der Waals surface area contributed by atoms with Gasteiger partial charge < -0.3 is 4.90 Å². The summed E-state index contributed by atoms with van der Waals surface area (Å²) in [5.74, 6) is 0.221. The predicted molar refractivity (Wildman–Crippen MR) is 126 cm³/mol. The highest BCUT2D eigenvalue weighted by molar-refractivity contribution is 7.92. The molecule has 0 atom stereocenters. The summed E-state index contributed by atoms with van der Waals surface area (Å²) in [7, 11) is -6.65. The maximum atomic E-state index is 13.0. The molecule has 32 heavy (non-hydrogen) atoms. The highest BCUT2D eigenvalue weighted by atomic mass is 32.2. The minimum absolute atomic E-state index is 0.109. The van der Waals surface area contributed by atoms with Crippen molar-refractivity contribution < 1.29 is 21.6 Å². The van der Waals surface area contributed by atoms with E-state index in [2.05, 4.69) is 9.44 Å². The standard InChI is InChI=1S/C22H29N3O5S2/c1-16-4-7-20(14-21(16)24-32(3,29)30)22(26)25-12-10-19(11-13-25)18-8-5-17(6-9-18)15-23-31(2,27)28/h4-9,14,19,23-24H,10-13,15H2,1-3H3. The van der Waals surface area contributed by atoms with Crippen molar-refractivity contribution in [2.45, 2.75) is 32.2 Å². The van der Waals surface area contributed by atoms with Gasteiger partial charge in [0.2, 0.25) is 20.0 Å². The first-order valence-corrected chi connectivity index (χ1v) is 14.1. The molecule has 1 aliphatic heterocycles. The van der Waals surface area contributed by atoms with Crippen molar-refractivity contribution in [2.75, 3.05) is 30.3 Å². The molecule has 10 heteroatoms. The highest BCUT2D eigenvalue weighted by Crippen LogP contribution is 2.29. The third-order valence-corrected chi connectivity index (χ3v) is 6.81. The fraction of sp³-hybridized carbons (Fsp3) is 0.409. The second-order valence-corrected chi connectivity index (χ2v) is 11.9. The summed E-state index contributed by atoms with van der Waals surface area (Å²) >= 11 is 0. The van der Waals surface area contributed by atoms with E-state index in [0.29, 0.717) is 30.3 Å². The van der Waals surface area contributed by atoms with Gasteiger partial charge in [0.05, 0.1) is 18.2 Å². The predicted octanol–water partition coefficient (Wildman–Crippen LogP) is 2.44. The molecule has 174 valence electrons. The number of nitrogens with zero attached hydrogens (tertiary/aromatic N) is 1. The number of benzene rings is 2. The second kappa shape index (κ2) is 9.60. The average molecular weight is 480 g/mol. The van der Waals surface area contributed by atoms with Crippen molar-refractivity contribution in [3.63, 3.8) is 0 Å². The number of piperidine rings is 1. The molecule has 2 aromatic carbocycles. The summed E-state index contributed by atoms with van der Waals surface area (Å²) in [6.07, 6.45) is 3.87. The Morgan fingerprint density at radius 2 is 1.59 bits per heavy atom. The van der Waals surface area contributed by atoms with Gasteiger partial charge in [-0.25, -0.2) is 21.6 Å². The second-order valence-electron chi connectivity index (χ2n) is 8.31. The van der Waals surface area contributed by atoms with Crippen molar-refractivity contribution in [1.82, 2.24) is 9.62 Å². The van der Waals surface area contributed by atoms with E-state index in [9.17, 15) is 21.6 Å². The molecule has 0 radical (unpaired) electrons. The number of sulfonamides is 2. The first-order valence-electron chi connectivity index (χ1n) is 10.3. The van der Waals surface area contributed by atoms with Crippen LogP contribution in [0.1, 0.15) is 45.8 Å². The molecule has 1 aliphatic rings. The molecule has 0 aliphatic carbocycles. The molecule has 1 fully saturated rings. The van der Waals surface area contributed by atoms with Gasteiger partial charge in [-0.2, -0.15) is 0 Å². The van der Waals surface area contributed by atoms with Crippen LogP contribution in [0.5, 0.6) is 0 Å². The lowest BCUT2D eigenvalue weighted by molar-refractivity contribution is 0.0713. The van der Waals surface area contributed by atoms with Crippen molar-refractivity contribution in [3.05, 3.63) is 64.7 Å². The molecule has 0 saturated carbocycles. The Hall–Kier alpha value is -2.43. The topological polar surface area (TPSA) is 113 Å². The number of hydrogen-bond acceptors (Lipinski definition) is 5. The zero-order chi connectivity index (χ0) is 23.5. The van der Waals surface area contributed by atoms with Crippen LogP contribution in [-0.4, -0.2) is 53.2 Å². The minimum atomic E-state index is -3.43. The van der Waals surface area contributed by atoms with Gasteiger partial charge in [0, 0.05) is 25.2 Å². The Morgan fingerprint density at radius 3 is 2.16 bits per heavy atom. The van der Waals surface area contributed by atoms with Crippen molar-refractivity contribution in [2.24, 2.45) is 0 Å². The molecule has 1 heterocycles. The molecule has 0 spiro atoms. The number of carbonyl (C=O) groups is 1.